The minimum Gasteiger partial charge on any atom is -0.495 e. The molecule has 8 amide bonds. The highest BCUT2D eigenvalue weighted by Gasteiger charge is 2.64. The zero-order valence-corrected chi connectivity index (χ0v) is 55.7. The van der Waals surface area contributed by atoms with Crippen LogP contribution in [0.5, 0.6) is 11.5 Å². The topological polar surface area (TPSA) is 303 Å². The molecule has 6 rings (SSSR count). The first kappa shape index (κ1) is 72.2. The molecular weight excluding hydrogens is 1280 g/mol. The van der Waals surface area contributed by atoms with Crippen LogP contribution in [-0.2, 0) is 60.7 Å². The predicted octanol–water partition coefficient (Wildman–Crippen LogP) is 7.78. The van der Waals surface area contributed by atoms with Crippen molar-refractivity contribution in [1.29, 1.82) is 0 Å². The molecule has 5 N–H and O–H groups in total. The van der Waals surface area contributed by atoms with Crippen LogP contribution in [0, 0.1) is 5.92 Å². The Labute approximate surface area is 542 Å². The Morgan fingerprint density at radius 1 is 1.00 bits per heavy atom. The predicted molar refractivity (Wildman–Crippen MR) is 341 cm³/mol. The molecule has 3 heterocycles. The van der Waals surface area contributed by atoms with Gasteiger partial charge in [0.1, 0.15) is 47.3 Å². The van der Waals surface area contributed by atoms with Crippen molar-refractivity contribution in [2.75, 3.05) is 83.3 Å². The highest BCUT2D eigenvalue weighted by Crippen LogP contribution is 2.49. The van der Waals surface area contributed by atoms with E-state index in [9.17, 15) is 48.3 Å². The zero-order chi connectivity index (χ0) is 66.0. The number of carbonyl (C=O) groups is 9. The Morgan fingerprint density at radius 3 is 2.47 bits per heavy atom. The van der Waals surface area contributed by atoms with Crippen molar-refractivity contribution in [2.45, 2.75) is 146 Å². The summed E-state index contributed by atoms with van der Waals surface area (Å²) in [5.74, 6) is -2.85. The number of nitrogens with zero attached hydrogens (tertiary/aromatic N) is 4. The molecular formula is C62H84BrClN8O17S. The van der Waals surface area contributed by atoms with Gasteiger partial charge in [-0.2, -0.15) is 0 Å². The quantitative estimate of drug-likeness (QED) is 0.0278. The van der Waals surface area contributed by atoms with Crippen LogP contribution in [-0.4, -0.2) is 194 Å². The van der Waals surface area contributed by atoms with Crippen molar-refractivity contribution < 1.29 is 81.4 Å². The van der Waals surface area contributed by atoms with Gasteiger partial charge in [0.15, 0.2) is 11.5 Å². The first-order valence-electron chi connectivity index (χ1n) is 29.7. The molecule has 28 heteroatoms. The lowest BCUT2D eigenvalue weighted by Crippen LogP contribution is -2.63. The average Bonchev–Trinajstić information content (AvgIpc) is 1.57. The van der Waals surface area contributed by atoms with E-state index in [1.807, 2.05) is 19.1 Å². The number of alkyl carbamates (subject to hydrolysis) is 1. The Morgan fingerprint density at radius 2 is 1.74 bits per heavy atom. The highest BCUT2D eigenvalue weighted by atomic mass is 79.9. The van der Waals surface area contributed by atoms with E-state index in [0.29, 0.717) is 29.8 Å². The third-order valence-corrected chi connectivity index (χ3v) is 18.1. The van der Waals surface area contributed by atoms with Gasteiger partial charge in [-0.25, -0.2) is 19.2 Å². The Bertz CT molecular complexity index is 3050. The number of aliphatic hydroxyl groups is 1. The molecule has 90 heavy (non-hydrogen) atoms. The van der Waals surface area contributed by atoms with Crippen LogP contribution < -0.4 is 35.6 Å². The van der Waals surface area contributed by atoms with E-state index in [0.717, 1.165) is 48.6 Å². The number of alkyl halides is 1. The van der Waals surface area contributed by atoms with Gasteiger partial charge in [-0.05, 0) is 88.3 Å². The molecule has 9 atom stereocenters. The largest absolute Gasteiger partial charge is 0.495 e. The monoisotopic (exact) mass is 1360 g/mol. The molecule has 1 aliphatic carbocycles. The number of methoxy groups -OCH3 is 2. The molecule has 2 fully saturated rings. The molecule has 2 saturated heterocycles. The maximum atomic E-state index is 14.4. The standard InChI is InChI=1S/C62H84BrClN8O17S/c1-37-17-16-20-48(84-10)62(82)34-47(87-58(79)68-62)38(2)55-61(4,89-55)49(33-53(76)72(8)44-31-41(29-37)32-46(83-9)54(44)64)88-56(77)39(3)71(7)52(75)24-28-90-60(81)70(6)27-26-69(5)59(80)85-36-40-21-22-45(43(30-40)67-50(73)23-25-65-51(74)35-63)86-57(78)66-42-18-14-12-11-13-15-19-42/h12,14,16-17,20-22,30-32,38-39,42,47-49,55,82H,11,13,15,18-19,23-29,33-36H2,1-10H3,(H,65,74)(H,66,78)(H,67,73)(H,68,79). The number of hydrogen-bond donors (Lipinski definition) is 5. The lowest BCUT2D eigenvalue weighted by atomic mass is 9.83. The number of fused-ring (bicyclic) bond motifs is 5. The molecule has 3 aliphatic heterocycles. The Balaban J connectivity index is 1.03. The fraction of sp³-hybridized carbons (Fsp3) is 0.565. The van der Waals surface area contributed by atoms with Gasteiger partial charge in [-0.1, -0.05) is 94.7 Å². The van der Waals surface area contributed by atoms with Crippen LogP contribution in [0.15, 0.2) is 66.3 Å². The normalized spacial score (nSPS) is 23.7. The van der Waals surface area contributed by atoms with Gasteiger partial charge in [0.05, 0.1) is 36.3 Å². The first-order valence-corrected chi connectivity index (χ1v) is 32.2. The summed E-state index contributed by atoms with van der Waals surface area (Å²) in [7, 11) is 8.84. The van der Waals surface area contributed by atoms with E-state index in [4.69, 9.17) is 44.8 Å². The van der Waals surface area contributed by atoms with E-state index >= 15 is 0 Å². The molecule has 25 nitrogen and oxygen atoms in total. The fourth-order valence-electron chi connectivity index (χ4n) is 10.5. The smallest absolute Gasteiger partial charge is 0.412 e. The van der Waals surface area contributed by atoms with Crippen LogP contribution in [0.3, 0.4) is 0 Å². The van der Waals surface area contributed by atoms with E-state index in [1.54, 1.807) is 44.2 Å². The summed E-state index contributed by atoms with van der Waals surface area (Å²) in [6, 6.07) is 6.77. The molecule has 4 aliphatic rings. The summed E-state index contributed by atoms with van der Waals surface area (Å²) in [5, 5.41) is 22.5. The lowest BCUT2D eigenvalue weighted by molar-refractivity contribution is -0.162. The maximum Gasteiger partial charge on any atom is 0.412 e. The van der Waals surface area contributed by atoms with Gasteiger partial charge in [-0.3, -0.25) is 29.3 Å². The first-order chi connectivity index (χ1) is 42.7. The summed E-state index contributed by atoms with van der Waals surface area (Å²) >= 11 is 10.8. The number of thioether (sulfide) groups is 1. The number of nitrogens with one attached hydrogen (secondary N) is 4. The molecule has 4 bridgehead atoms. The van der Waals surface area contributed by atoms with Crippen molar-refractivity contribution in [3.05, 3.63) is 82.4 Å². The van der Waals surface area contributed by atoms with Gasteiger partial charge in [-0.15, -0.1) is 0 Å². The SMILES string of the molecule is COc1cc2cc(c1Cl)N(C)C(=O)CC(OC(=O)C(C)N(C)C(=O)CCSC(=O)N(C)CCN(C)C(=O)OCc1ccc(OC(=O)NC3CC=CCCCC3)c(NC(=O)CCNC(=O)CBr)c1)C1(C)OC1C(C)C1CC(O)(NC(=O)O1)C(OC)C=CC=C(C)C2. The summed E-state index contributed by atoms with van der Waals surface area (Å²) in [6.45, 7) is 6.77. The van der Waals surface area contributed by atoms with E-state index < -0.39 is 101 Å². The molecule has 2 aromatic rings. The highest BCUT2D eigenvalue weighted by molar-refractivity contribution is 9.09. The van der Waals surface area contributed by atoms with Crippen LogP contribution in [0.25, 0.3) is 0 Å². The van der Waals surface area contributed by atoms with Crippen molar-refractivity contribution in [2.24, 2.45) is 5.92 Å². The Kier molecular flexibility index (Phi) is 26.8. The number of epoxide rings is 1. The van der Waals surface area contributed by atoms with Crippen LogP contribution >= 0.6 is 39.3 Å². The number of benzene rings is 2. The second-order valence-electron chi connectivity index (χ2n) is 23.0. The molecule has 494 valence electrons. The maximum absolute atomic E-state index is 14.4. The number of ether oxygens (including phenoxy) is 7. The van der Waals surface area contributed by atoms with Crippen LogP contribution in [0.2, 0.25) is 5.02 Å². The summed E-state index contributed by atoms with van der Waals surface area (Å²) in [4.78, 5) is 125. The molecule has 0 radical (unpaired) electrons. The molecule has 0 saturated carbocycles. The number of anilines is 2. The zero-order valence-electron chi connectivity index (χ0n) is 52.6. The number of likely N-dealkylation sites (N-methyl/N-ethyl adjacent to an activating group) is 3. The van der Waals surface area contributed by atoms with E-state index in [1.165, 1.54) is 81.1 Å². The van der Waals surface area contributed by atoms with Gasteiger partial charge in [0, 0.05) is 91.9 Å². The number of allylic oxidation sites excluding steroid dienone is 4. The third kappa shape index (κ3) is 20.0. The molecule has 0 aromatic heterocycles. The van der Waals surface area contributed by atoms with E-state index in [-0.39, 0.29) is 85.0 Å². The van der Waals surface area contributed by atoms with Crippen molar-refractivity contribution in [3.63, 3.8) is 0 Å². The van der Waals surface area contributed by atoms with Crippen molar-refractivity contribution in [1.82, 2.24) is 30.7 Å². The summed E-state index contributed by atoms with van der Waals surface area (Å²) < 4.78 is 40.7. The average molecular weight is 1360 g/mol. The number of amides is 8. The molecule has 9 unspecified atom stereocenters. The van der Waals surface area contributed by atoms with Gasteiger partial charge < -0.3 is 73.8 Å². The number of hydrogen-bond acceptors (Lipinski definition) is 18. The van der Waals surface area contributed by atoms with Crippen molar-refractivity contribution in [3.8, 4) is 11.5 Å². The number of halogens is 2. The lowest BCUT2D eigenvalue weighted by Gasteiger charge is -2.42. The van der Waals surface area contributed by atoms with Crippen LogP contribution in [0.4, 0.5) is 30.6 Å². The minimum atomic E-state index is -1.90. The van der Waals surface area contributed by atoms with Gasteiger partial charge >= 0.3 is 24.2 Å². The number of esters is 1. The molecule has 0 spiro atoms. The third-order valence-electron chi connectivity index (χ3n) is 16.2. The van der Waals surface area contributed by atoms with Gasteiger partial charge in [0.2, 0.25) is 23.6 Å². The molecule has 2 aromatic carbocycles. The minimum absolute atomic E-state index is 0.0336. The summed E-state index contributed by atoms with van der Waals surface area (Å²) in [6.07, 6.45) is 7.02. The van der Waals surface area contributed by atoms with Gasteiger partial charge in [0.25, 0.3) is 5.24 Å². The number of rotatable bonds is 20. The second kappa shape index (κ2) is 33.4. The van der Waals surface area contributed by atoms with Crippen LogP contribution in [0.1, 0.15) is 96.6 Å². The Hall–Kier alpha value is -6.91. The number of carbonyl (C=O) groups excluding carboxylic acids is 9. The second-order valence-corrected chi connectivity index (χ2v) is 25.0. The van der Waals surface area contributed by atoms with E-state index in [2.05, 4.69) is 43.3 Å². The van der Waals surface area contributed by atoms with Crippen molar-refractivity contribution >= 4 is 104 Å². The summed E-state index contributed by atoms with van der Waals surface area (Å²) in [5.41, 5.74) is -0.685. The fourth-order valence-corrected chi connectivity index (χ4v) is 11.7.